The number of nitrogens with zero attached hydrogens (tertiary/aromatic N) is 2. The van der Waals surface area contributed by atoms with Crippen molar-refractivity contribution in [2.75, 3.05) is 0 Å². The molecule has 0 atom stereocenters. The average Bonchev–Trinajstić information content (AvgIpc) is 3.52. The summed E-state index contributed by atoms with van der Waals surface area (Å²) in [6.07, 6.45) is 8.06. The van der Waals surface area contributed by atoms with Gasteiger partial charge in [0.25, 0.3) is 0 Å². The quantitative estimate of drug-likeness (QED) is 0.251. The molecule has 0 spiro atoms. The van der Waals surface area contributed by atoms with E-state index in [0.717, 1.165) is 0 Å². The van der Waals surface area contributed by atoms with Gasteiger partial charge in [0.2, 0.25) is 0 Å². The molecule has 0 unspecified atom stereocenters. The summed E-state index contributed by atoms with van der Waals surface area (Å²) in [5.41, 5.74) is 8.83. The van der Waals surface area contributed by atoms with Gasteiger partial charge in [-0.2, -0.15) is 0 Å². The molecule has 0 aliphatic carbocycles. The third-order valence-electron chi connectivity index (χ3n) is 6.56. The van der Waals surface area contributed by atoms with Gasteiger partial charge in [-0.25, -0.2) is 4.98 Å². The molecule has 2 nitrogen and oxygen atoms in total. The predicted molar refractivity (Wildman–Crippen MR) is 163 cm³/mol. The molecule has 5 rings (SSSR count). The van der Waals surface area contributed by atoms with Crippen LogP contribution in [0.15, 0.2) is 158 Å². The molecule has 4 heteroatoms. The first-order valence-corrected chi connectivity index (χ1v) is 14.3. The average molecular weight is 497 g/mol. The van der Waals surface area contributed by atoms with E-state index in [0.29, 0.717) is 0 Å². The number of benzene rings is 4. The Kier molecular flexibility index (Phi) is 9.28. The van der Waals surface area contributed by atoms with E-state index < -0.39 is 9.52 Å². The van der Waals surface area contributed by atoms with Crippen LogP contribution in [0.1, 0.15) is 29.2 Å². The Balaban J connectivity index is 0.000000186. The second kappa shape index (κ2) is 13.2. The summed E-state index contributed by atoms with van der Waals surface area (Å²) in [6.45, 7) is 2.10. The molecule has 0 radical (unpaired) electrons. The van der Waals surface area contributed by atoms with Crippen molar-refractivity contribution in [1.29, 1.82) is 0 Å². The van der Waals surface area contributed by atoms with Crippen molar-refractivity contribution in [3.63, 3.8) is 0 Å². The Bertz CT molecular complexity index is 1300. The zero-order valence-electron chi connectivity index (χ0n) is 21.6. The van der Waals surface area contributed by atoms with Crippen molar-refractivity contribution < 1.29 is 0 Å². The lowest BCUT2D eigenvalue weighted by Crippen LogP contribution is -2.41. The van der Waals surface area contributed by atoms with Crippen LogP contribution in [0, 0.1) is 0 Å². The van der Waals surface area contributed by atoms with E-state index in [-0.39, 0.29) is 5.16 Å². The molecule has 0 aliphatic heterocycles. The molecular weight excluding hydrogens is 463 g/mol. The summed E-state index contributed by atoms with van der Waals surface area (Å²) >= 11 is 0. The van der Waals surface area contributed by atoms with Crippen molar-refractivity contribution in [2.45, 2.75) is 12.1 Å². The summed E-state index contributed by atoms with van der Waals surface area (Å²) in [5.74, 6) is 2.16. The second-order valence-corrected chi connectivity index (χ2v) is 10.7. The maximum atomic E-state index is 4.31. The smallest absolute Gasteiger partial charge is 0.130 e. The Labute approximate surface area is 224 Å². The molecule has 4 aromatic carbocycles. The maximum absolute atomic E-state index is 4.31. The van der Waals surface area contributed by atoms with Gasteiger partial charge >= 0.3 is 0 Å². The van der Waals surface area contributed by atoms with Gasteiger partial charge in [0.05, 0.1) is 21.0 Å². The fraction of sp³-hybridized carbons (Fsp3) is 0.0606. The topological polar surface area (TPSA) is 17.8 Å². The monoisotopic (exact) mass is 496 g/mol. The minimum atomic E-state index is -0.605. The molecule has 0 amide bonds. The lowest BCUT2D eigenvalue weighted by Gasteiger charge is -2.36. The van der Waals surface area contributed by atoms with Crippen LogP contribution in [0.4, 0.5) is 0 Å². The van der Waals surface area contributed by atoms with Crippen LogP contribution in [0.25, 0.3) is 5.57 Å². The van der Waals surface area contributed by atoms with E-state index in [9.17, 15) is 0 Å². The summed E-state index contributed by atoms with van der Waals surface area (Å²) in [5, 5.41) is -0.133. The van der Waals surface area contributed by atoms with Crippen LogP contribution in [0.3, 0.4) is 0 Å². The second-order valence-electron chi connectivity index (χ2n) is 8.77. The zero-order valence-corrected chi connectivity index (χ0v) is 23.0. The maximum Gasteiger partial charge on any atom is 0.130 e. The minimum absolute atomic E-state index is 0.133. The van der Waals surface area contributed by atoms with E-state index in [1.807, 2.05) is 24.7 Å². The van der Waals surface area contributed by atoms with Crippen molar-refractivity contribution in [3.8, 4) is 0 Å². The van der Waals surface area contributed by atoms with Crippen molar-refractivity contribution >= 4 is 22.9 Å². The first-order valence-electron chi connectivity index (χ1n) is 12.8. The molecule has 1 heterocycles. The molecule has 0 aliphatic rings. The molecule has 37 heavy (non-hydrogen) atoms. The van der Waals surface area contributed by atoms with E-state index in [4.69, 9.17) is 0 Å². The zero-order chi connectivity index (χ0) is 25.8. The fourth-order valence-electron chi connectivity index (χ4n) is 4.74. The number of hydrogen-bond donors (Lipinski definition) is 0. The summed E-state index contributed by atoms with van der Waals surface area (Å²) in [6, 6.07) is 42.5. The van der Waals surface area contributed by atoms with Crippen LogP contribution in [0.2, 0.25) is 0 Å². The van der Waals surface area contributed by atoms with Gasteiger partial charge in [0.1, 0.15) is 7.85 Å². The number of aromatic nitrogens is 2. The van der Waals surface area contributed by atoms with Crippen LogP contribution in [0.5, 0.6) is 0 Å². The van der Waals surface area contributed by atoms with Gasteiger partial charge in [0.15, 0.2) is 0 Å². The van der Waals surface area contributed by atoms with Gasteiger partial charge in [-0.15, -0.1) is 11.7 Å². The van der Waals surface area contributed by atoms with Gasteiger partial charge < -0.3 is 4.57 Å². The van der Waals surface area contributed by atoms with Crippen molar-refractivity contribution in [2.24, 2.45) is 0 Å². The van der Waals surface area contributed by atoms with Crippen LogP contribution >= 0.6 is 0 Å². The Morgan fingerprint density at radius 2 is 1.19 bits per heavy atom. The highest BCUT2D eigenvalue weighted by Crippen LogP contribution is 2.33. The molecule has 5 aromatic rings. The molecule has 1 aromatic heterocycles. The number of allylic oxidation sites excluding steroid dienone is 1. The van der Waals surface area contributed by atoms with Crippen LogP contribution < -0.4 is 0 Å². The fourth-order valence-corrected chi connectivity index (χ4v) is 6.66. The Morgan fingerprint density at radius 3 is 1.57 bits per heavy atom. The summed E-state index contributed by atoms with van der Waals surface area (Å²) < 4.78 is 2.27. The minimum Gasteiger partial charge on any atom is -0.326 e. The Morgan fingerprint density at radius 1 is 0.730 bits per heavy atom. The van der Waals surface area contributed by atoms with E-state index in [1.165, 1.54) is 27.8 Å². The SMILES string of the molecule is BC=C(c1ccccc1)c1ccccc1.CC=C[SiH2]C(c1ccccc1)(c1ccccc1)n1ccnc1. The number of hydrogen-bond acceptors (Lipinski definition) is 1. The summed E-state index contributed by atoms with van der Waals surface area (Å²) in [7, 11) is 1.47. The van der Waals surface area contributed by atoms with Crippen LogP contribution in [-0.2, 0) is 5.16 Å². The van der Waals surface area contributed by atoms with E-state index in [2.05, 4.69) is 157 Å². The highest BCUT2D eigenvalue weighted by atomic mass is 28.2. The molecule has 0 bridgehead atoms. The largest absolute Gasteiger partial charge is 0.326 e. The normalized spacial score (nSPS) is 11.3. The van der Waals surface area contributed by atoms with Crippen molar-refractivity contribution in [1.82, 2.24) is 9.55 Å². The first kappa shape index (κ1) is 25.9. The Hall–Kier alpha value is -4.15. The highest BCUT2D eigenvalue weighted by Gasteiger charge is 2.34. The molecule has 0 fully saturated rings. The first-order chi connectivity index (χ1) is 18.3. The molecular formula is C33H33BN2Si. The molecule has 0 saturated heterocycles. The third-order valence-corrected chi connectivity index (χ3v) is 9.03. The number of imidazole rings is 1. The molecule has 182 valence electrons. The van der Waals surface area contributed by atoms with E-state index in [1.54, 1.807) is 0 Å². The lowest BCUT2D eigenvalue weighted by molar-refractivity contribution is 0.596. The lowest BCUT2D eigenvalue weighted by atomic mass is 9.92. The van der Waals surface area contributed by atoms with Gasteiger partial charge in [-0.1, -0.05) is 127 Å². The standard InChI is InChI=1S/C19H20N2Si.C14H13B/c1-2-15-22-19(21-14-13-20-16-21,17-9-5-3-6-10-17)18-11-7-4-8-12-18;15-11-14(12-7-3-1-4-8-12)13-9-5-2-6-10-13/h2-16H,22H2,1H3;1-11H,15H2. The van der Waals surface area contributed by atoms with Gasteiger partial charge in [-0.05, 0) is 34.8 Å². The highest BCUT2D eigenvalue weighted by molar-refractivity contribution is 6.47. The van der Waals surface area contributed by atoms with Crippen LogP contribution in [-0.4, -0.2) is 26.9 Å². The molecule has 0 saturated carbocycles. The molecule has 0 N–H and O–H groups in total. The van der Waals surface area contributed by atoms with Gasteiger partial charge in [0, 0.05) is 12.4 Å². The number of rotatable bonds is 7. The van der Waals surface area contributed by atoms with E-state index >= 15 is 0 Å². The summed E-state index contributed by atoms with van der Waals surface area (Å²) in [4.78, 5) is 4.31. The predicted octanol–water partition coefficient (Wildman–Crippen LogP) is 6.04. The van der Waals surface area contributed by atoms with Gasteiger partial charge in [-0.3, -0.25) is 0 Å². The third kappa shape index (κ3) is 6.17. The van der Waals surface area contributed by atoms with Crippen molar-refractivity contribution in [3.05, 3.63) is 180 Å².